The van der Waals surface area contributed by atoms with Gasteiger partial charge in [-0.1, -0.05) is 23.7 Å². The lowest BCUT2D eigenvalue weighted by atomic mass is 10.00. The number of ether oxygens (including phenoxy) is 1. The summed E-state index contributed by atoms with van der Waals surface area (Å²) in [7, 11) is -2.66. The SMILES string of the molecule is COC[C@@]1(C(=O)O)[C@H](S(=O)(=O)c2ccc(Cl)cc2)[C@@H]1c1ccc(F)cc1. The van der Waals surface area contributed by atoms with Crippen molar-refractivity contribution in [1.29, 1.82) is 0 Å². The molecule has 3 atom stereocenters. The van der Waals surface area contributed by atoms with Crippen molar-refractivity contribution in [2.24, 2.45) is 5.41 Å². The molecular weight excluding hydrogens is 383 g/mol. The van der Waals surface area contributed by atoms with E-state index in [4.69, 9.17) is 16.3 Å². The molecule has 1 fully saturated rings. The van der Waals surface area contributed by atoms with Crippen LogP contribution in [0.3, 0.4) is 0 Å². The number of rotatable bonds is 6. The summed E-state index contributed by atoms with van der Waals surface area (Å²) in [6.07, 6.45) is 0. The fourth-order valence-electron chi connectivity index (χ4n) is 3.50. The van der Waals surface area contributed by atoms with Gasteiger partial charge in [-0.15, -0.1) is 0 Å². The zero-order valence-corrected chi connectivity index (χ0v) is 15.3. The first-order valence-corrected chi connectivity index (χ1v) is 9.65. The molecule has 0 radical (unpaired) electrons. The second-order valence-corrected chi connectivity index (χ2v) is 8.73. The zero-order valence-electron chi connectivity index (χ0n) is 13.7. The van der Waals surface area contributed by atoms with Gasteiger partial charge in [0.05, 0.1) is 16.8 Å². The highest BCUT2D eigenvalue weighted by molar-refractivity contribution is 7.92. The number of hydrogen-bond acceptors (Lipinski definition) is 4. The minimum atomic E-state index is -3.98. The number of methoxy groups -OCH3 is 1. The van der Waals surface area contributed by atoms with E-state index >= 15 is 0 Å². The summed E-state index contributed by atoms with van der Waals surface area (Å²) in [6, 6.07) is 10.7. The van der Waals surface area contributed by atoms with Crippen molar-refractivity contribution >= 4 is 27.4 Å². The van der Waals surface area contributed by atoms with Gasteiger partial charge < -0.3 is 9.84 Å². The van der Waals surface area contributed by atoms with E-state index in [9.17, 15) is 22.7 Å². The summed E-state index contributed by atoms with van der Waals surface area (Å²) >= 11 is 5.81. The molecule has 0 aliphatic heterocycles. The Morgan fingerprint density at radius 1 is 1.19 bits per heavy atom. The molecule has 0 heterocycles. The molecule has 8 heteroatoms. The summed E-state index contributed by atoms with van der Waals surface area (Å²) in [5.41, 5.74) is -1.20. The minimum Gasteiger partial charge on any atom is -0.481 e. The van der Waals surface area contributed by atoms with Crippen molar-refractivity contribution in [2.45, 2.75) is 16.1 Å². The summed E-state index contributed by atoms with van der Waals surface area (Å²) in [5, 5.41) is 8.95. The molecule has 138 valence electrons. The highest BCUT2D eigenvalue weighted by Gasteiger charge is 2.76. The van der Waals surface area contributed by atoms with E-state index < -0.39 is 38.2 Å². The molecule has 3 rings (SSSR count). The molecule has 1 N–H and O–H groups in total. The fourth-order valence-corrected chi connectivity index (χ4v) is 5.98. The molecular formula is C18H16ClFO5S. The van der Waals surface area contributed by atoms with Crippen LogP contribution >= 0.6 is 11.6 Å². The van der Waals surface area contributed by atoms with Crippen molar-refractivity contribution in [3.8, 4) is 0 Å². The highest BCUT2D eigenvalue weighted by Crippen LogP contribution is 2.64. The van der Waals surface area contributed by atoms with Crippen molar-refractivity contribution in [3.63, 3.8) is 0 Å². The lowest BCUT2D eigenvalue weighted by Crippen LogP contribution is -2.28. The number of hydrogen-bond donors (Lipinski definition) is 1. The lowest BCUT2D eigenvalue weighted by molar-refractivity contribution is -0.145. The highest BCUT2D eigenvalue weighted by atomic mass is 35.5. The molecule has 0 spiro atoms. The summed E-state index contributed by atoms with van der Waals surface area (Å²) in [6.45, 7) is -0.276. The van der Waals surface area contributed by atoms with Gasteiger partial charge in [0.15, 0.2) is 9.84 Å². The average molecular weight is 399 g/mol. The van der Waals surface area contributed by atoms with Crippen LogP contribution < -0.4 is 0 Å². The maximum atomic E-state index is 13.2. The summed E-state index contributed by atoms with van der Waals surface area (Å²) < 4.78 is 44.5. The second-order valence-electron chi connectivity index (χ2n) is 6.23. The van der Waals surface area contributed by atoms with Gasteiger partial charge >= 0.3 is 5.97 Å². The van der Waals surface area contributed by atoms with Crippen molar-refractivity contribution in [2.75, 3.05) is 13.7 Å². The normalized spacial score (nSPS) is 25.0. The van der Waals surface area contributed by atoms with Crippen molar-refractivity contribution in [1.82, 2.24) is 0 Å². The van der Waals surface area contributed by atoms with E-state index in [1.807, 2.05) is 0 Å². The van der Waals surface area contributed by atoms with E-state index in [1.165, 1.54) is 55.6 Å². The molecule has 1 saturated carbocycles. The van der Waals surface area contributed by atoms with E-state index in [2.05, 4.69) is 0 Å². The number of aliphatic carboxylic acids is 1. The third kappa shape index (κ3) is 2.90. The fraction of sp³-hybridized carbons (Fsp3) is 0.278. The van der Waals surface area contributed by atoms with Crippen LogP contribution in [0.1, 0.15) is 11.5 Å². The molecule has 0 saturated heterocycles. The van der Waals surface area contributed by atoms with E-state index in [1.54, 1.807) is 0 Å². The molecule has 0 aromatic heterocycles. The van der Waals surface area contributed by atoms with Gasteiger partial charge in [-0.05, 0) is 42.0 Å². The number of benzene rings is 2. The number of carboxylic acid groups (broad SMARTS) is 1. The molecule has 0 amide bonds. The summed E-state index contributed by atoms with van der Waals surface area (Å²) in [5.74, 6) is -2.60. The van der Waals surface area contributed by atoms with Crippen LogP contribution in [-0.4, -0.2) is 38.5 Å². The Labute approximate surface area is 155 Å². The third-order valence-corrected chi connectivity index (χ3v) is 7.29. The first-order valence-electron chi connectivity index (χ1n) is 7.72. The third-order valence-electron chi connectivity index (χ3n) is 4.74. The Hall–Kier alpha value is -1.96. The molecule has 1 aliphatic carbocycles. The Bertz CT molecular complexity index is 927. The Morgan fingerprint density at radius 3 is 2.27 bits per heavy atom. The van der Waals surface area contributed by atoms with Gasteiger partial charge in [-0.2, -0.15) is 0 Å². The van der Waals surface area contributed by atoms with E-state index in [-0.39, 0.29) is 11.5 Å². The standard InChI is InChI=1S/C18H16ClFO5S/c1-25-10-18(17(21)22)15(11-2-6-13(20)7-3-11)16(18)26(23,24)14-8-4-12(19)5-9-14/h2-9,15-16H,10H2,1H3,(H,21,22)/t15-,16+,18-/m0/s1. The number of sulfone groups is 1. The van der Waals surface area contributed by atoms with Gasteiger partial charge in [-0.3, -0.25) is 4.79 Å². The minimum absolute atomic E-state index is 0.0155. The molecule has 2 aromatic rings. The number of carbonyl (C=O) groups is 1. The van der Waals surface area contributed by atoms with Gasteiger partial charge in [0.2, 0.25) is 0 Å². The Balaban J connectivity index is 2.11. The van der Waals surface area contributed by atoms with Gasteiger partial charge in [-0.25, -0.2) is 12.8 Å². The lowest BCUT2D eigenvalue weighted by Gasteiger charge is -2.12. The van der Waals surface area contributed by atoms with Crippen molar-refractivity contribution in [3.05, 3.63) is 64.9 Å². The monoisotopic (exact) mass is 398 g/mol. The van der Waals surface area contributed by atoms with Crippen LogP contribution in [0.5, 0.6) is 0 Å². The van der Waals surface area contributed by atoms with Gasteiger partial charge in [0, 0.05) is 18.1 Å². The van der Waals surface area contributed by atoms with Gasteiger partial charge in [0.1, 0.15) is 11.2 Å². The second kappa shape index (κ2) is 6.64. The maximum Gasteiger partial charge on any atom is 0.314 e. The molecule has 5 nitrogen and oxygen atoms in total. The van der Waals surface area contributed by atoms with Crippen LogP contribution in [-0.2, 0) is 19.4 Å². The van der Waals surface area contributed by atoms with Crippen LogP contribution in [0.2, 0.25) is 5.02 Å². The number of halogens is 2. The largest absolute Gasteiger partial charge is 0.481 e. The average Bonchev–Trinajstić information content (AvgIpc) is 3.27. The van der Waals surface area contributed by atoms with Gasteiger partial charge in [0.25, 0.3) is 0 Å². The van der Waals surface area contributed by atoms with E-state index in [0.717, 1.165) is 0 Å². The van der Waals surface area contributed by atoms with Crippen LogP contribution in [0.25, 0.3) is 0 Å². The predicted octanol–water partition coefficient (Wildman–Crippen LogP) is 3.14. The predicted molar refractivity (Wildman–Crippen MR) is 93.5 cm³/mol. The quantitative estimate of drug-likeness (QED) is 0.808. The smallest absolute Gasteiger partial charge is 0.314 e. The topological polar surface area (TPSA) is 80.7 Å². The van der Waals surface area contributed by atoms with Crippen LogP contribution in [0.15, 0.2) is 53.4 Å². The van der Waals surface area contributed by atoms with E-state index in [0.29, 0.717) is 10.6 Å². The van der Waals surface area contributed by atoms with Crippen LogP contribution in [0.4, 0.5) is 4.39 Å². The first kappa shape index (κ1) is 18.8. The Kier molecular flexibility index (Phi) is 4.81. The molecule has 26 heavy (non-hydrogen) atoms. The Morgan fingerprint density at radius 2 is 1.77 bits per heavy atom. The van der Waals surface area contributed by atoms with Crippen LogP contribution in [0, 0.1) is 11.2 Å². The molecule has 0 unspecified atom stereocenters. The summed E-state index contributed by atoms with van der Waals surface area (Å²) in [4.78, 5) is 12.0. The molecule has 1 aliphatic rings. The van der Waals surface area contributed by atoms with Crippen molar-refractivity contribution < 1.29 is 27.4 Å². The number of carboxylic acids is 1. The molecule has 0 bridgehead atoms. The maximum absolute atomic E-state index is 13.2. The first-order chi connectivity index (χ1) is 12.2. The zero-order chi connectivity index (χ0) is 19.1. The molecule has 2 aromatic carbocycles.